The molecule has 3 heterocycles. The first kappa shape index (κ1) is 15.3. The molecular weight excluding hydrogens is 302 g/mol. The zero-order valence-corrected chi connectivity index (χ0v) is 14.2. The van der Waals surface area contributed by atoms with E-state index in [-0.39, 0.29) is 0 Å². The standard InChI is InChI=1S/C19H23N3O2/c1-23-18-4-3-14(7-19(18)24-2)15-6-17(10-20-9-15)22-11-13-5-16(12-22)21-8-13/h3-4,6-7,9-10,13,16,21H,5,8,11-12H2,1-2H3. The van der Waals surface area contributed by atoms with E-state index in [2.05, 4.69) is 21.3 Å². The molecule has 0 spiro atoms. The Hall–Kier alpha value is -2.27. The zero-order valence-electron chi connectivity index (χ0n) is 14.2. The summed E-state index contributed by atoms with van der Waals surface area (Å²) in [6.45, 7) is 3.32. The van der Waals surface area contributed by atoms with Gasteiger partial charge in [-0.2, -0.15) is 0 Å². The van der Waals surface area contributed by atoms with Crippen LogP contribution in [0.5, 0.6) is 11.5 Å². The number of piperidine rings is 1. The van der Waals surface area contributed by atoms with E-state index in [0.717, 1.165) is 48.2 Å². The van der Waals surface area contributed by atoms with Crippen molar-refractivity contribution in [3.63, 3.8) is 0 Å². The molecule has 5 heteroatoms. The minimum absolute atomic E-state index is 0.619. The number of benzene rings is 1. The molecular formula is C19H23N3O2. The molecule has 2 aromatic rings. The van der Waals surface area contributed by atoms with Gasteiger partial charge < -0.3 is 19.7 Å². The van der Waals surface area contributed by atoms with Gasteiger partial charge in [0.15, 0.2) is 11.5 Å². The number of pyridine rings is 1. The van der Waals surface area contributed by atoms with Crippen molar-refractivity contribution in [2.45, 2.75) is 12.5 Å². The highest BCUT2D eigenvalue weighted by Crippen LogP contribution is 2.34. The third-order valence-corrected chi connectivity index (χ3v) is 5.04. The van der Waals surface area contributed by atoms with E-state index in [1.807, 2.05) is 30.6 Å². The Morgan fingerprint density at radius 2 is 1.92 bits per heavy atom. The summed E-state index contributed by atoms with van der Waals surface area (Å²) in [5.41, 5.74) is 3.38. The number of fused-ring (bicyclic) bond motifs is 2. The average molecular weight is 325 g/mol. The van der Waals surface area contributed by atoms with Crippen molar-refractivity contribution in [3.05, 3.63) is 36.7 Å². The van der Waals surface area contributed by atoms with E-state index >= 15 is 0 Å². The largest absolute Gasteiger partial charge is 0.493 e. The first-order chi connectivity index (χ1) is 11.8. The van der Waals surface area contributed by atoms with Gasteiger partial charge in [-0.25, -0.2) is 0 Å². The molecule has 1 aromatic heterocycles. The van der Waals surface area contributed by atoms with Crippen LogP contribution in [0.4, 0.5) is 5.69 Å². The Morgan fingerprint density at radius 1 is 1.04 bits per heavy atom. The zero-order chi connectivity index (χ0) is 16.5. The van der Waals surface area contributed by atoms with E-state index in [9.17, 15) is 0 Å². The van der Waals surface area contributed by atoms with Crippen LogP contribution in [-0.4, -0.2) is 44.9 Å². The molecule has 2 unspecified atom stereocenters. The van der Waals surface area contributed by atoms with Crippen molar-refractivity contribution >= 4 is 5.69 Å². The molecule has 2 bridgehead atoms. The average Bonchev–Trinajstić information content (AvgIpc) is 2.99. The van der Waals surface area contributed by atoms with Crippen molar-refractivity contribution in [3.8, 4) is 22.6 Å². The second kappa shape index (κ2) is 6.32. The van der Waals surface area contributed by atoms with Crippen molar-refractivity contribution in [1.82, 2.24) is 10.3 Å². The highest BCUT2D eigenvalue weighted by Gasteiger charge is 2.32. The molecule has 2 aliphatic heterocycles. The maximum absolute atomic E-state index is 5.42. The van der Waals surface area contributed by atoms with Gasteiger partial charge in [0.25, 0.3) is 0 Å². The fourth-order valence-electron chi connectivity index (χ4n) is 3.82. The van der Waals surface area contributed by atoms with E-state index in [1.54, 1.807) is 14.2 Å². The molecule has 0 aliphatic carbocycles. The number of nitrogens with one attached hydrogen (secondary N) is 1. The number of nitrogens with zero attached hydrogens (tertiary/aromatic N) is 2. The van der Waals surface area contributed by atoms with Crippen molar-refractivity contribution < 1.29 is 9.47 Å². The number of aromatic nitrogens is 1. The smallest absolute Gasteiger partial charge is 0.161 e. The van der Waals surface area contributed by atoms with Crippen LogP contribution in [0.15, 0.2) is 36.7 Å². The Morgan fingerprint density at radius 3 is 2.71 bits per heavy atom. The summed E-state index contributed by atoms with van der Waals surface area (Å²) in [6, 6.07) is 8.82. The minimum atomic E-state index is 0.619. The summed E-state index contributed by atoms with van der Waals surface area (Å²) in [6.07, 6.45) is 5.18. The van der Waals surface area contributed by atoms with Gasteiger partial charge in [-0.05, 0) is 36.1 Å². The predicted octanol–water partition coefficient (Wildman–Crippen LogP) is 2.56. The quantitative estimate of drug-likeness (QED) is 0.936. The van der Waals surface area contributed by atoms with Crippen LogP contribution in [0.2, 0.25) is 0 Å². The van der Waals surface area contributed by atoms with Crippen molar-refractivity contribution in [2.24, 2.45) is 5.92 Å². The molecule has 1 N–H and O–H groups in total. The summed E-state index contributed by atoms with van der Waals surface area (Å²) < 4.78 is 10.7. The number of hydrogen-bond donors (Lipinski definition) is 1. The lowest BCUT2D eigenvalue weighted by Crippen LogP contribution is -2.41. The first-order valence-corrected chi connectivity index (χ1v) is 8.42. The summed E-state index contributed by atoms with van der Waals surface area (Å²) in [5, 5.41) is 3.60. The molecule has 4 rings (SSSR count). The summed E-state index contributed by atoms with van der Waals surface area (Å²) in [4.78, 5) is 6.93. The summed E-state index contributed by atoms with van der Waals surface area (Å²) in [5.74, 6) is 2.23. The number of ether oxygens (including phenoxy) is 2. The molecule has 2 fully saturated rings. The topological polar surface area (TPSA) is 46.6 Å². The summed E-state index contributed by atoms with van der Waals surface area (Å²) >= 11 is 0. The van der Waals surface area contributed by atoms with Gasteiger partial charge in [0.2, 0.25) is 0 Å². The minimum Gasteiger partial charge on any atom is -0.493 e. The van der Waals surface area contributed by atoms with Gasteiger partial charge in [0.1, 0.15) is 0 Å². The first-order valence-electron chi connectivity index (χ1n) is 8.42. The van der Waals surface area contributed by atoms with Gasteiger partial charge in [-0.15, -0.1) is 0 Å². The highest BCUT2D eigenvalue weighted by atomic mass is 16.5. The number of anilines is 1. The SMILES string of the molecule is COc1ccc(-c2cncc(N3CC4CNC(C4)C3)c2)cc1OC. The van der Waals surface area contributed by atoms with Gasteiger partial charge in [0, 0.05) is 37.4 Å². The monoisotopic (exact) mass is 325 g/mol. The van der Waals surface area contributed by atoms with Gasteiger partial charge >= 0.3 is 0 Å². The number of hydrogen-bond acceptors (Lipinski definition) is 5. The Bertz CT molecular complexity index is 722. The van der Waals surface area contributed by atoms with Crippen molar-refractivity contribution in [1.29, 1.82) is 0 Å². The van der Waals surface area contributed by atoms with E-state index in [4.69, 9.17) is 9.47 Å². The molecule has 126 valence electrons. The number of rotatable bonds is 4. The third kappa shape index (κ3) is 2.80. The van der Waals surface area contributed by atoms with Crippen LogP contribution >= 0.6 is 0 Å². The molecule has 2 atom stereocenters. The Kier molecular flexibility index (Phi) is 4.02. The van der Waals surface area contributed by atoms with Gasteiger partial charge in [-0.3, -0.25) is 4.98 Å². The molecule has 0 radical (unpaired) electrons. The van der Waals surface area contributed by atoms with E-state index in [1.165, 1.54) is 12.1 Å². The summed E-state index contributed by atoms with van der Waals surface area (Å²) in [7, 11) is 3.31. The molecule has 0 saturated carbocycles. The normalized spacial score (nSPS) is 22.5. The second-order valence-electron chi connectivity index (χ2n) is 6.61. The second-order valence-corrected chi connectivity index (χ2v) is 6.61. The van der Waals surface area contributed by atoms with Crippen LogP contribution in [-0.2, 0) is 0 Å². The fraction of sp³-hybridized carbons (Fsp3) is 0.421. The van der Waals surface area contributed by atoms with Gasteiger partial charge in [0.05, 0.1) is 26.1 Å². The predicted molar refractivity (Wildman–Crippen MR) is 94.9 cm³/mol. The maximum atomic E-state index is 5.42. The molecule has 0 amide bonds. The van der Waals surface area contributed by atoms with Crippen LogP contribution < -0.4 is 19.7 Å². The van der Waals surface area contributed by atoms with E-state index in [0.29, 0.717) is 6.04 Å². The maximum Gasteiger partial charge on any atom is 0.161 e. The molecule has 2 aliphatic rings. The molecule has 5 nitrogen and oxygen atoms in total. The van der Waals surface area contributed by atoms with Crippen LogP contribution in [0.3, 0.4) is 0 Å². The van der Waals surface area contributed by atoms with Crippen LogP contribution in [0.25, 0.3) is 11.1 Å². The van der Waals surface area contributed by atoms with Crippen molar-refractivity contribution in [2.75, 3.05) is 38.8 Å². The number of methoxy groups -OCH3 is 2. The molecule has 1 aromatic carbocycles. The van der Waals surface area contributed by atoms with Crippen LogP contribution in [0.1, 0.15) is 6.42 Å². The van der Waals surface area contributed by atoms with E-state index < -0.39 is 0 Å². The molecule has 24 heavy (non-hydrogen) atoms. The lowest BCUT2D eigenvalue weighted by molar-refractivity contribution is 0.355. The highest BCUT2D eigenvalue weighted by molar-refractivity contribution is 5.70. The van der Waals surface area contributed by atoms with Gasteiger partial charge in [-0.1, -0.05) is 6.07 Å². The Labute approximate surface area is 142 Å². The lowest BCUT2D eigenvalue weighted by Gasteiger charge is -2.32. The molecule has 2 saturated heterocycles. The third-order valence-electron chi connectivity index (χ3n) is 5.04. The fourth-order valence-corrected chi connectivity index (χ4v) is 3.82. The Balaban J connectivity index is 1.63. The lowest BCUT2D eigenvalue weighted by atomic mass is 9.99. The van der Waals surface area contributed by atoms with Crippen LogP contribution in [0, 0.1) is 5.92 Å².